The van der Waals surface area contributed by atoms with E-state index in [4.69, 9.17) is 14.6 Å². The van der Waals surface area contributed by atoms with Crippen LogP contribution < -0.4 is 5.32 Å². The predicted molar refractivity (Wildman–Crippen MR) is 89.1 cm³/mol. The number of nitrogens with zero attached hydrogens (tertiary/aromatic N) is 1. The Labute approximate surface area is 141 Å². The number of nitrogens with one attached hydrogen (secondary N) is 1. The lowest BCUT2D eigenvalue weighted by atomic mass is 9.77. The molecule has 1 N–H and O–H groups in total. The largest absolute Gasteiger partial charge is 0.491 e. The summed E-state index contributed by atoms with van der Waals surface area (Å²) in [6, 6.07) is 3.77. The quantitative estimate of drug-likeness (QED) is 0.860. The first-order valence-corrected chi connectivity index (χ1v) is 7.71. The van der Waals surface area contributed by atoms with E-state index >= 15 is 0 Å². The number of benzene rings is 1. The zero-order chi connectivity index (χ0) is 18.1. The van der Waals surface area contributed by atoms with Crippen molar-refractivity contribution in [3.8, 4) is 6.07 Å². The van der Waals surface area contributed by atoms with Crippen LogP contribution in [0.3, 0.4) is 0 Å². The molecule has 7 heteroatoms. The monoisotopic (exact) mass is 334 g/mol. The van der Waals surface area contributed by atoms with Gasteiger partial charge >= 0.3 is 7.12 Å². The van der Waals surface area contributed by atoms with E-state index in [0.717, 1.165) is 12.1 Å². The number of nitriles is 1. The van der Waals surface area contributed by atoms with E-state index in [9.17, 15) is 8.78 Å². The van der Waals surface area contributed by atoms with Crippen molar-refractivity contribution in [1.29, 1.82) is 5.26 Å². The lowest BCUT2D eigenvalue weighted by Gasteiger charge is -2.32. The molecule has 0 spiro atoms. The molecular formula is C17H21BF2N2O2. The van der Waals surface area contributed by atoms with E-state index in [-0.39, 0.29) is 0 Å². The third-order valence-corrected chi connectivity index (χ3v) is 4.47. The summed E-state index contributed by atoms with van der Waals surface area (Å²) in [6.45, 7) is 8.17. The molecule has 1 aromatic rings. The van der Waals surface area contributed by atoms with Crippen LogP contribution in [0.1, 0.15) is 38.8 Å². The molecule has 1 aromatic carbocycles. The molecule has 0 aromatic heterocycles. The first kappa shape index (κ1) is 18.6. The second kappa shape index (κ2) is 6.63. The van der Waals surface area contributed by atoms with Crippen molar-refractivity contribution in [3.63, 3.8) is 0 Å². The van der Waals surface area contributed by atoms with E-state index < -0.39 is 35.5 Å². The van der Waals surface area contributed by atoms with Crippen molar-refractivity contribution in [2.45, 2.75) is 38.9 Å². The van der Waals surface area contributed by atoms with Gasteiger partial charge in [0.2, 0.25) is 0 Å². The molecule has 0 bridgehead atoms. The molecule has 0 atom stereocenters. The molecular weight excluding hydrogens is 313 g/mol. The fourth-order valence-electron chi connectivity index (χ4n) is 2.40. The maximum atomic E-state index is 13.8. The van der Waals surface area contributed by atoms with Gasteiger partial charge in [-0.1, -0.05) is 6.08 Å². The molecule has 1 fully saturated rings. The normalized spacial score (nSPS) is 19.4. The molecule has 1 saturated heterocycles. The molecule has 1 aliphatic heterocycles. The van der Waals surface area contributed by atoms with Gasteiger partial charge in [-0.05, 0) is 57.9 Å². The van der Waals surface area contributed by atoms with Crippen LogP contribution >= 0.6 is 0 Å². The summed E-state index contributed by atoms with van der Waals surface area (Å²) in [6.07, 6.45) is 1.62. The smallest absolute Gasteiger partial charge is 0.400 e. The highest BCUT2D eigenvalue weighted by Crippen LogP contribution is 2.38. The van der Waals surface area contributed by atoms with Gasteiger partial charge < -0.3 is 14.6 Å². The Morgan fingerprint density at radius 3 is 2.12 bits per heavy atom. The van der Waals surface area contributed by atoms with Gasteiger partial charge in [0.1, 0.15) is 23.3 Å². The summed E-state index contributed by atoms with van der Waals surface area (Å²) in [4.78, 5) is 0. The molecule has 2 rings (SSSR count). The zero-order valence-corrected chi connectivity index (χ0v) is 14.5. The Morgan fingerprint density at radius 2 is 1.71 bits per heavy atom. The van der Waals surface area contributed by atoms with Crippen LogP contribution in [0.5, 0.6) is 0 Å². The summed E-state index contributed by atoms with van der Waals surface area (Å²) in [5.41, 5.74) is -0.585. The van der Waals surface area contributed by atoms with Gasteiger partial charge in [0.15, 0.2) is 0 Å². The van der Waals surface area contributed by atoms with Gasteiger partial charge in [0.25, 0.3) is 0 Å². The lowest BCUT2D eigenvalue weighted by Crippen LogP contribution is -2.41. The first-order chi connectivity index (χ1) is 11.1. The van der Waals surface area contributed by atoms with E-state index in [1.807, 2.05) is 27.7 Å². The van der Waals surface area contributed by atoms with Gasteiger partial charge in [-0.3, -0.25) is 0 Å². The molecule has 128 valence electrons. The molecule has 0 aliphatic carbocycles. The number of hydrogen-bond acceptors (Lipinski definition) is 4. The van der Waals surface area contributed by atoms with Crippen LogP contribution in [0.25, 0.3) is 6.08 Å². The SMILES string of the molecule is CNCC(=Cc1cc(F)c(C#N)c(F)c1)B1OC(C)(C)C(C)(C)O1. The maximum absolute atomic E-state index is 13.8. The molecule has 0 unspecified atom stereocenters. The second-order valence-electron chi connectivity index (χ2n) is 6.81. The molecule has 1 aliphatic rings. The van der Waals surface area contributed by atoms with Crippen molar-refractivity contribution < 1.29 is 18.1 Å². The summed E-state index contributed by atoms with van der Waals surface area (Å²) in [5, 5.41) is 11.8. The van der Waals surface area contributed by atoms with Crippen LogP contribution in [0.2, 0.25) is 0 Å². The van der Waals surface area contributed by atoms with Crippen molar-refractivity contribution in [1.82, 2.24) is 5.32 Å². The first-order valence-electron chi connectivity index (χ1n) is 7.71. The average molecular weight is 334 g/mol. The van der Waals surface area contributed by atoms with E-state index in [1.165, 1.54) is 6.07 Å². The highest BCUT2D eigenvalue weighted by molar-refractivity contribution is 6.55. The zero-order valence-electron chi connectivity index (χ0n) is 14.5. The summed E-state index contributed by atoms with van der Waals surface area (Å²) >= 11 is 0. The Balaban J connectivity index is 2.39. The fourth-order valence-corrected chi connectivity index (χ4v) is 2.40. The van der Waals surface area contributed by atoms with Crippen LogP contribution in [0, 0.1) is 23.0 Å². The van der Waals surface area contributed by atoms with Crippen molar-refractivity contribution in [2.75, 3.05) is 13.6 Å². The summed E-state index contributed by atoms with van der Waals surface area (Å²) < 4.78 is 39.6. The average Bonchev–Trinajstić information content (AvgIpc) is 2.66. The highest BCUT2D eigenvalue weighted by atomic mass is 19.1. The fraction of sp³-hybridized carbons (Fsp3) is 0.471. The number of halogens is 2. The van der Waals surface area contributed by atoms with E-state index in [1.54, 1.807) is 13.1 Å². The van der Waals surface area contributed by atoms with Gasteiger partial charge in [-0.2, -0.15) is 5.26 Å². The van der Waals surface area contributed by atoms with E-state index in [2.05, 4.69) is 5.32 Å². The Morgan fingerprint density at radius 1 is 1.21 bits per heavy atom. The minimum Gasteiger partial charge on any atom is -0.400 e. The number of hydrogen-bond donors (Lipinski definition) is 1. The third kappa shape index (κ3) is 3.51. The minimum absolute atomic E-state index is 0.309. The minimum atomic E-state index is -0.888. The van der Waals surface area contributed by atoms with Crippen LogP contribution in [-0.2, 0) is 9.31 Å². The maximum Gasteiger partial charge on any atom is 0.491 e. The molecule has 4 nitrogen and oxygen atoms in total. The third-order valence-electron chi connectivity index (χ3n) is 4.47. The second-order valence-corrected chi connectivity index (χ2v) is 6.81. The van der Waals surface area contributed by atoms with Crippen LogP contribution in [0.4, 0.5) is 8.78 Å². The summed E-state index contributed by atoms with van der Waals surface area (Å²) in [7, 11) is 1.14. The molecule has 0 amide bonds. The Hall–Kier alpha value is -1.75. The number of likely N-dealkylation sites (N-methyl/N-ethyl adjacent to an activating group) is 1. The van der Waals surface area contributed by atoms with Crippen molar-refractivity contribution in [3.05, 3.63) is 40.4 Å². The Kier molecular flexibility index (Phi) is 5.14. The standard InChI is InChI=1S/C17H21BF2N2O2/c1-16(2)17(3,4)24-18(23-16)12(10-22-5)6-11-7-14(19)13(9-21)15(20)8-11/h6-8,22H,10H2,1-5H3. The topological polar surface area (TPSA) is 54.3 Å². The van der Waals surface area contributed by atoms with E-state index in [0.29, 0.717) is 17.6 Å². The molecule has 0 radical (unpaired) electrons. The van der Waals surface area contributed by atoms with Crippen molar-refractivity contribution >= 4 is 13.2 Å². The van der Waals surface area contributed by atoms with Crippen molar-refractivity contribution in [2.24, 2.45) is 0 Å². The predicted octanol–water partition coefficient (Wildman–Crippen LogP) is 3.07. The van der Waals surface area contributed by atoms with Crippen LogP contribution in [0.15, 0.2) is 17.6 Å². The van der Waals surface area contributed by atoms with Gasteiger partial charge in [-0.15, -0.1) is 0 Å². The number of rotatable bonds is 4. The molecule has 24 heavy (non-hydrogen) atoms. The Bertz CT molecular complexity index is 672. The molecule has 1 heterocycles. The van der Waals surface area contributed by atoms with Gasteiger partial charge in [0, 0.05) is 6.54 Å². The highest BCUT2D eigenvalue weighted by Gasteiger charge is 2.52. The summed E-state index contributed by atoms with van der Waals surface area (Å²) in [5.74, 6) is -1.78. The van der Waals surface area contributed by atoms with Crippen LogP contribution in [-0.4, -0.2) is 31.9 Å². The lowest BCUT2D eigenvalue weighted by molar-refractivity contribution is 0.00578. The van der Waals surface area contributed by atoms with Gasteiger partial charge in [0.05, 0.1) is 11.2 Å². The molecule has 0 saturated carbocycles. The van der Waals surface area contributed by atoms with Gasteiger partial charge in [-0.25, -0.2) is 8.78 Å².